The number of aromatic amines is 1. The highest BCUT2D eigenvalue weighted by Gasteiger charge is 2.18. The van der Waals surface area contributed by atoms with E-state index >= 15 is 0 Å². The third kappa shape index (κ3) is 4.74. The maximum absolute atomic E-state index is 6.22. The number of ether oxygens (including phenoxy) is 3. The molecule has 0 bridgehead atoms. The van der Waals surface area contributed by atoms with Crippen molar-refractivity contribution in [2.24, 2.45) is 5.73 Å². The molecule has 1 aliphatic rings. The molecule has 0 spiro atoms. The van der Waals surface area contributed by atoms with Gasteiger partial charge in [-0.15, -0.1) is 0 Å². The highest BCUT2D eigenvalue weighted by atomic mass is 35.5. The van der Waals surface area contributed by atoms with Crippen molar-refractivity contribution in [2.75, 3.05) is 13.2 Å². The molecular formula is C23H21Cl2N5O3. The Bertz CT molecular complexity index is 1240. The van der Waals surface area contributed by atoms with E-state index in [-0.39, 0.29) is 6.10 Å². The minimum atomic E-state index is -0.857. The summed E-state index contributed by atoms with van der Waals surface area (Å²) in [5, 5.41) is 9.05. The van der Waals surface area contributed by atoms with Crippen molar-refractivity contribution in [3.8, 4) is 22.9 Å². The van der Waals surface area contributed by atoms with E-state index in [1.165, 1.54) is 12.4 Å². The SMILES string of the molecule is N[C@@H](Oc1ccc2[nH]nc(-c3ccc(OC4CCOCC4)nc3)c2c1)c1c(Cl)cncc1Cl. The van der Waals surface area contributed by atoms with Crippen LogP contribution < -0.4 is 15.2 Å². The number of nitrogens with zero attached hydrogens (tertiary/aromatic N) is 3. The average molecular weight is 486 g/mol. The summed E-state index contributed by atoms with van der Waals surface area (Å²) in [6.45, 7) is 1.44. The van der Waals surface area contributed by atoms with E-state index in [0.29, 0.717) is 27.2 Å². The number of fused-ring (bicyclic) bond motifs is 1. The fraction of sp³-hybridized carbons (Fsp3) is 0.261. The summed E-state index contributed by atoms with van der Waals surface area (Å²) < 4.78 is 17.3. The van der Waals surface area contributed by atoms with Crippen LogP contribution in [0.1, 0.15) is 24.6 Å². The number of pyridine rings is 2. The van der Waals surface area contributed by atoms with Crippen molar-refractivity contribution in [1.29, 1.82) is 0 Å². The smallest absolute Gasteiger partial charge is 0.213 e. The first kappa shape index (κ1) is 21.9. The van der Waals surface area contributed by atoms with Crippen LogP contribution in [0.2, 0.25) is 10.0 Å². The molecule has 4 heterocycles. The molecular weight excluding hydrogens is 465 g/mol. The Morgan fingerprint density at radius 1 is 1.06 bits per heavy atom. The van der Waals surface area contributed by atoms with Crippen molar-refractivity contribution in [3.63, 3.8) is 0 Å². The van der Waals surface area contributed by atoms with Crippen LogP contribution >= 0.6 is 23.2 Å². The second-order valence-corrected chi connectivity index (χ2v) is 8.46. The van der Waals surface area contributed by atoms with Crippen molar-refractivity contribution >= 4 is 34.1 Å². The quantitative estimate of drug-likeness (QED) is 0.373. The zero-order chi connectivity index (χ0) is 22.8. The monoisotopic (exact) mass is 485 g/mol. The molecule has 0 unspecified atom stereocenters. The first-order valence-corrected chi connectivity index (χ1v) is 11.2. The summed E-state index contributed by atoms with van der Waals surface area (Å²) in [5.41, 5.74) is 9.14. The average Bonchev–Trinajstić information content (AvgIpc) is 3.23. The highest BCUT2D eigenvalue weighted by molar-refractivity contribution is 6.35. The zero-order valence-electron chi connectivity index (χ0n) is 17.5. The molecule has 33 heavy (non-hydrogen) atoms. The van der Waals surface area contributed by atoms with Crippen LogP contribution in [-0.4, -0.2) is 39.5 Å². The minimum Gasteiger partial charge on any atom is -0.474 e. The Morgan fingerprint density at radius 3 is 2.58 bits per heavy atom. The Balaban J connectivity index is 1.37. The molecule has 1 fully saturated rings. The first-order valence-electron chi connectivity index (χ1n) is 10.5. The van der Waals surface area contributed by atoms with E-state index in [1.54, 1.807) is 12.3 Å². The number of hydrogen-bond donors (Lipinski definition) is 2. The van der Waals surface area contributed by atoms with Gasteiger partial charge in [0.05, 0.1) is 28.8 Å². The number of halogens is 2. The number of aromatic nitrogens is 4. The fourth-order valence-electron chi connectivity index (χ4n) is 3.74. The summed E-state index contributed by atoms with van der Waals surface area (Å²) in [7, 11) is 0. The lowest BCUT2D eigenvalue weighted by molar-refractivity contribution is 0.0237. The molecule has 10 heteroatoms. The molecule has 1 aromatic carbocycles. The predicted molar refractivity (Wildman–Crippen MR) is 126 cm³/mol. The molecule has 8 nitrogen and oxygen atoms in total. The van der Waals surface area contributed by atoms with Crippen LogP contribution in [-0.2, 0) is 4.74 Å². The lowest BCUT2D eigenvalue weighted by Crippen LogP contribution is -2.26. The lowest BCUT2D eigenvalue weighted by atomic mass is 10.1. The number of benzene rings is 1. The third-order valence-electron chi connectivity index (χ3n) is 5.44. The highest BCUT2D eigenvalue weighted by Crippen LogP contribution is 2.33. The summed E-state index contributed by atoms with van der Waals surface area (Å²) in [5.74, 6) is 1.14. The van der Waals surface area contributed by atoms with E-state index in [2.05, 4.69) is 20.2 Å². The zero-order valence-corrected chi connectivity index (χ0v) is 19.0. The number of nitrogens with one attached hydrogen (secondary N) is 1. The van der Waals surface area contributed by atoms with Gasteiger partial charge >= 0.3 is 0 Å². The van der Waals surface area contributed by atoms with Crippen molar-refractivity contribution < 1.29 is 14.2 Å². The van der Waals surface area contributed by atoms with Crippen LogP contribution in [0.3, 0.4) is 0 Å². The fourth-order valence-corrected chi connectivity index (χ4v) is 4.32. The summed E-state index contributed by atoms with van der Waals surface area (Å²) >= 11 is 12.4. The molecule has 1 atom stereocenters. The third-order valence-corrected chi connectivity index (χ3v) is 6.04. The molecule has 3 aromatic heterocycles. The molecule has 4 aromatic rings. The molecule has 3 N–H and O–H groups in total. The Hall–Kier alpha value is -2.91. The minimum absolute atomic E-state index is 0.134. The van der Waals surface area contributed by atoms with Gasteiger partial charge < -0.3 is 14.2 Å². The van der Waals surface area contributed by atoms with Crippen LogP contribution in [0.5, 0.6) is 11.6 Å². The number of H-pyrrole nitrogens is 1. The maximum Gasteiger partial charge on any atom is 0.213 e. The summed E-state index contributed by atoms with van der Waals surface area (Å²) in [6, 6.07) is 9.33. The molecule has 0 aliphatic carbocycles. The maximum atomic E-state index is 6.22. The Labute approximate surface area is 200 Å². The van der Waals surface area contributed by atoms with Gasteiger partial charge in [-0.3, -0.25) is 15.8 Å². The second-order valence-electron chi connectivity index (χ2n) is 7.65. The second kappa shape index (κ2) is 9.52. The Kier molecular flexibility index (Phi) is 6.32. The van der Waals surface area contributed by atoms with Gasteiger partial charge in [-0.2, -0.15) is 5.10 Å². The van der Waals surface area contributed by atoms with Gasteiger partial charge in [0.2, 0.25) is 5.88 Å². The van der Waals surface area contributed by atoms with Gasteiger partial charge in [-0.05, 0) is 24.3 Å². The molecule has 1 aliphatic heterocycles. The van der Waals surface area contributed by atoms with Gasteiger partial charge in [0, 0.05) is 54.0 Å². The van der Waals surface area contributed by atoms with Crippen molar-refractivity contribution in [3.05, 3.63) is 64.5 Å². The van der Waals surface area contributed by atoms with Crippen LogP contribution in [0.4, 0.5) is 0 Å². The standard InChI is InChI=1S/C23H21Cl2N5O3/c24-17-11-27-12-18(25)21(17)23(26)33-15-2-3-19-16(9-15)22(30-29-19)13-1-4-20(28-10-13)32-14-5-7-31-8-6-14/h1-4,9-12,14,23H,5-8,26H2,(H,29,30)/t23-/m0/s1. The molecule has 0 saturated carbocycles. The van der Waals surface area contributed by atoms with Crippen LogP contribution in [0.15, 0.2) is 48.9 Å². The van der Waals surface area contributed by atoms with Gasteiger partial charge in [0.15, 0.2) is 6.23 Å². The summed E-state index contributed by atoms with van der Waals surface area (Å²) in [4.78, 5) is 8.41. The molecule has 1 saturated heterocycles. The molecule has 0 amide bonds. The number of nitrogens with two attached hydrogens (primary N) is 1. The van der Waals surface area contributed by atoms with Crippen LogP contribution in [0, 0.1) is 0 Å². The van der Waals surface area contributed by atoms with E-state index in [0.717, 1.165) is 48.2 Å². The first-order chi connectivity index (χ1) is 16.1. The number of hydrogen-bond acceptors (Lipinski definition) is 7. The van der Waals surface area contributed by atoms with E-state index < -0.39 is 6.23 Å². The van der Waals surface area contributed by atoms with Crippen molar-refractivity contribution in [2.45, 2.75) is 25.2 Å². The van der Waals surface area contributed by atoms with Gasteiger partial charge in [0.25, 0.3) is 0 Å². The van der Waals surface area contributed by atoms with Gasteiger partial charge in [0.1, 0.15) is 17.5 Å². The van der Waals surface area contributed by atoms with Crippen LogP contribution in [0.25, 0.3) is 22.2 Å². The van der Waals surface area contributed by atoms with E-state index in [9.17, 15) is 0 Å². The number of rotatable bonds is 6. The van der Waals surface area contributed by atoms with Crippen molar-refractivity contribution in [1.82, 2.24) is 20.2 Å². The predicted octanol–water partition coefficient (Wildman–Crippen LogP) is 4.92. The molecule has 0 radical (unpaired) electrons. The molecule has 5 rings (SSSR count). The van der Waals surface area contributed by atoms with E-state index in [4.69, 9.17) is 43.1 Å². The summed E-state index contributed by atoms with van der Waals surface area (Å²) in [6.07, 6.45) is 5.72. The van der Waals surface area contributed by atoms with Gasteiger partial charge in [-0.25, -0.2) is 4.98 Å². The Morgan fingerprint density at radius 2 is 1.85 bits per heavy atom. The normalized spacial score (nSPS) is 15.5. The lowest BCUT2D eigenvalue weighted by Gasteiger charge is -2.22. The molecule has 170 valence electrons. The van der Waals surface area contributed by atoms with Gasteiger partial charge in [-0.1, -0.05) is 23.2 Å². The van der Waals surface area contributed by atoms with E-state index in [1.807, 2.05) is 24.3 Å². The largest absolute Gasteiger partial charge is 0.474 e. The topological polar surface area (TPSA) is 108 Å².